The molecule has 0 bridgehead atoms. The molecular formula is C16H14N4O3S. The molecule has 2 aromatic heterocycles. The number of nitrogens with zero attached hydrogens (tertiary/aromatic N) is 2. The first kappa shape index (κ1) is 15.9. The number of hydrogen-bond acceptors (Lipinski definition) is 6. The topological polar surface area (TPSA) is 97.1 Å². The number of nitrogens with one attached hydrogen (secondary N) is 2. The van der Waals surface area contributed by atoms with Gasteiger partial charge in [-0.15, -0.1) is 10.2 Å². The van der Waals surface area contributed by atoms with Gasteiger partial charge in [-0.2, -0.15) is 0 Å². The van der Waals surface area contributed by atoms with Gasteiger partial charge in [0.15, 0.2) is 0 Å². The van der Waals surface area contributed by atoms with Crippen LogP contribution in [0.5, 0.6) is 0 Å². The van der Waals surface area contributed by atoms with Crippen LogP contribution >= 0.6 is 11.3 Å². The van der Waals surface area contributed by atoms with Crippen molar-refractivity contribution in [3.8, 4) is 0 Å². The molecule has 0 saturated carbocycles. The number of furan rings is 1. The lowest BCUT2D eigenvalue weighted by Gasteiger charge is -2.06. The third-order valence-electron chi connectivity index (χ3n) is 3.13. The second kappa shape index (κ2) is 7.05. The normalized spacial score (nSPS) is 10.4. The molecule has 7 nitrogen and oxygen atoms in total. The predicted molar refractivity (Wildman–Crippen MR) is 88.9 cm³/mol. The molecule has 0 fully saturated rings. The molecule has 0 spiro atoms. The zero-order chi connectivity index (χ0) is 16.9. The Morgan fingerprint density at radius 1 is 1.12 bits per heavy atom. The number of aryl methyl sites for hydroxylation is 1. The largest absolute Gasteiger partial charge is 0.467 e. The highest BCUT2D eigenvalue weighted by Crippen LogP contribution is 2.14. The average molecular weight is 342 g/mol. The summed E-state index contributed by atoms with van der Waals surface area (Å²) in [5, 5.41) is 14.1. The molecule has 2 heterocycles. The highest BCUT2D eigenvalue weighted by atomic mass is 32.1. The van der Waals surface area contributed by atoms with Gasteiger partial charge in [0.1, 0.15) is 10.8 Å². The van der Waals surface area contributed by atoms with Gasteiger partial charge in [0.25, 0.3) is 11.8 Å². The molecule has 1 aromatic carbocycles. The summed E-state index contributed by atoms with van der Waals surface area (Å²) in [6.07, 6.45) is 1.55. The van der Waals surface area contributed by atoms with Gasteiger partial charge >= 0.3 is 0 Å². The molecule has 122 valence electrons. The number of carbonyl (C=O) groups is 2. The molecule has 3 aromatic rings. The Labute approximate surface area is 141 Å². The van der Waals surface area contributed by atoms with E-state index < -0.39 is 0 Å². The van der Waals surface area contributed by atoms with Crippen LogP contribution in [0.2, 0.25) is 0 Å². The van der Waals surface area contributed by atoms with Gasteiger partial charge in [0.2, 0.25) is 5.01 Å². The van der Waals surface area contributed by atoms with E-state index in [0.717, 1.165) is 5.01 Å². The number of hydrogen-bond donors (Lipinski definition) is 2. The van der Waals surface area contributed by atoms with Gasteiger partial charge in [-0.25, -0.2) is 0 Å². The third-order valence-corrected chi connectivity index (χ3v) is 3.97. The Morgan fingerprint density at radius 2 is 1.92 bits per heavy atom. The van der Waals surface area contributed by atoms with E-state index in [1.165, 1.54) is 11.3 Å². The van der Waals surface area contributed by atoms with Gasteiger partial charge in [-0.3, -0.25) is 9.59 Å². The van der Waals surface area contributed by atoms with E-state index in [1.54, 1.807) is 49.6 Å². The SMILES string of the molecule is Cc1nnc(C(=O)Nc2ccc(C(=O)NCc3ccco3)cc2)s1. The van der Waals surface area contributed by atoms with E-state index in [4.69, 9.17) is 4.42 Å². The molecule has 0 saturated heterocycles. The maximum atomic E-state index is 12.0. The summed E-state index contributed by atoms with van der Waals surface area (Å²) in [6, 6.07) is 10.1. The standard InChI is InChI=1S/C16H14N4O3S/c1-10-19-20-16(24-10)15(22)18-12-6-4-11(5-7-12)14(21)17-9-13-3-2-8-23-13/h2-8H,9H2,1H3,(H,17,21)(H,18,22). The van der Waals surface area contributed by atoms with Gasteiger partial charge < -0.3 is 15.1 Å². The summed E-state index contributed by atoms with van der Waals surface area (Å²) >= 11 is 1.22. The molecule has 3 rings (SSSR count). The zero-order valence-corrected chi connectivity index (χ0v) is 13.6. The Hall–Kier alpha value is -3.00. The lowest BCUT2D eigenvalue weighted by molar-refractivity contribution is 0.0947. The van der Waals surface area contributed by atoms with E-state index in [0.29, 0.717) is 28.6 Å². The van der Waals surface area contributed by atoms with Gasteiger partial charge in [0, 0.05) is 11.3 Å². The van der Waals surface area contributed by atoms with Crippen molar-refractivity contribution in [2.24, 2.45) is 0 Å². The van der Waals surface area contributed by atoms with Crippen LogP contribution in [-0.4, -0.2) is 22.0 Å². The minimum atomic E-state index is -0.323. The van der Waals surface area contributed by atoms with Crippen LogP contribution < -0.4 is 10.6 Å². The van der Waals surface area contributed by atoms with Crippen molar-refractivity contribution in [1.29, 1.82) is 0 Å². The Balaban J connectivity index is 1.58. The fraction of sp³-hybridized carbons (Fsp3) is 0.125. The summed E-state index contributed by atoms with van der Waals surface area (Å²) in [7, 11) is 0. The first-order chi connectivity index (χ1) is 11.6. The van der Waals surface area contributed by atoms with Crippen LogP contribution in [0.1, 0.15) is 30.9 Å². The van der Waals surface area contributed by atoms with Crippen molar-refractivity contribution in [1.82, 2.24) is 15.5 Å². The fourth-order valence-electron chi connectivity index (χ4n) is 1.96. The summed E-state index contributed by atoms with van der Waals surface area (Å²) < 4.78 is 5.15. The minimum absolute atomic E-state index is 0.218. The van der Waals surface area contributed by atoms with E-state index in [2.05, 4.69) is 20.8 Å². The molecule has 0 aliphatic heterocycles. The van der Waals surface area contributed by atoms with E-state index in [9.17, 15) is 9.59 Å². The molecule has 0 atom stereocenters. The summed E-state index contributed by atoms with van der Waals surface area (Å²) in [5.74, 6) is 0.138. The maximum absolute atomic E-state index is 12.0. The van der Waals surface area contributed by atoms with Gasteiger partial charge in [-0.05, 0) is 43.3 Å². The van der Waals surface area contributed by atoms with Crippen LogP contribution in [0.15, 0.2) is 47.1 Å². The highest BCUT2D eigenvalue weighted by Gasteiger charge is 2.12. The van der Waals surface area contributed by atoms with Crippen LogP contribution in [-0.2, 0) is 6.54 Å². The molecule has 2 amide bonds. The summed E-state index contributed by atoms with van der Waals surface area (Å²) in [4.78, 5) is 24.0. The third kappa shape index (κ3) is 3.85. The monoisotopic (exact) mass is 342 g/mol. The van der Waals surface area contributed by atoms with Crippen LogP contribution in [0.4, 0.5) is 5.69 Å². The number of amides is 2. The number of carbonyl (C=O) groups excluding carboxylic acids is 2. The number of benzene rings is 1. The smallest absolute Gasteiger partial charge is 0.286 e. The molecular weight excluding hydrogens is 328 g/mol. The van der Waals surface area contributed by atoms with Crippen molar-refractivity contribution < 1.29 is 14.0 Å². The zero-order valence-electron chi connectivity index (χ0n) is 12.8. The molecule has 24 heavy (non-hydrogen) atoms. The predicted octanol–water partition coefficient (Wildman–Crippen LogP) is 2.62. The summed E-state index contributed by atoms with van der Waals surface area (Å²) in [5.41, 5.74) is 1.07. The van der Waals surface area contributed by atoms with E-state index in [1.807, 2.05) is 0 Å². The van der Waals surface area contributed by atoms with Gasteiger partial charge in [0.05, 0.1) is 12.8 Å². The number of aromatic nitrogens is 2. The van der Waals surface area contributed by atoms with E-state index >= 15 is 0 Å². The molecule has 0 aliphatic rings. The van der Waals surface area contributed by atoms with Crippen molar-refractivity contribution >= 4 is 28.8 Å². The quantitative estimate of drug-likeness (QED) is 0.743. The minimum Gasteiger partial charge on any atom is -0.467 e. The van der Waals surface area contributed by atoms with Crippen molar-refractivity contribution in [2.45, 2.75) is 13.5 Å². The Kier molecular flexibility index (Phi) is 4.66. The number of anilines is 1. The average Bonchev–Trinajstić information content (AvgIpc) is 3.25. The van der Waals surface area contributed by atoms with E-state index in [-0.39, 0.29) is 11.8 Å². The second-order valence-corrected chi connectivity index (χ2v) is 6.10. The lowest BCUT2D eigenvalue weighted by atomic mass is 10.2. The van der Waals surface area contributed by atoms with Crippen molar-refractivity contribution in [2.75, 3.05) is 5.32 Å². The molecule has 0 aliphatic carbocycles. The van der Waals surface area contributed by atoms with Crippen molar-refractivity contribution in [3.05, 3.63) is 64.0 Å². The second-order valence-electron chi connectivity index (χ2n) is 4.92. The molecule has 0 unspecified atom stereocenters. The van der Waals surface area contributed by atoms with Crippen molar-refractivity contribution in [3.63, 3.8) is 0 Å². The number of rotatable bonds is 5. The molecule has 8 heteroatoms. The van der Waals surface area contributed by atoms with Crippen LogP contribution in [0.25, 0.3) is 0 Å². The first-order valence-corrected chi connectivity index (χ1v) is 7.95. The molecule has 2 N–H and O–H groups in total. The van der Waals surface area contributed by atoms with Crippen LogP contribution in [0.3, 0.4) is 0 Å². The maximum Gasteiger partial charge on any atom is 0.286 e. The van der Waals surface area contributed by atoms with Gasteiger partial charge in [-0.1, -0.05) is 11.3 Å². The molecule has 0 radical (unpaired) electrons. The fourth-order valence-corrected chi connectivity index (χ4v) is 2.55. The van der Waals surface area contributed by atoms with Crippen LogP contribution in [0, 0.1) is 6.92 Å². The Bertz CT molecular complexity index is 841. The highest BCUT2D eigenvalue weighted by molar-refractivity contribution is 7.13. The summed E-state index contributed by atoms with van der Waals surface area (Å²) in [6.45, 7) is 2.10. The first-order valence-electron chi connectivity index (χ1n) is 7.14. The Morgan fingerprint density at radius 3 is 2.54 bits per heavy atom. The lowest BCUT2D eigenvalue weighted by Crippen LogP contribution is -2.22.